The Morgan fingerprint density at radius 3 is 2.92 bits per heavy atom. The lowest BCUT2D eigenvalue weighted by molar-refractivity contribution is -0.144. The van der Waals surface area contributed by atoms with E-state index in [4.69, 9.17) is 9.47 Å². The molecule has 2 N–H and O–H groups in total. The molecule has 3 heterocycles. The Hall–Kier alpha value is -2.44. The third kappa shape index (κ3) is 2.98. The Labute approximate surface area is 140 Å². The van der Waals surface area contributed by atoms with Crippen LogP contribution in [0.4, 0.5) is 5.82 Å². The van der Waals surface area contributed by atoms with Gasteiger partial charge in [-0.05, 0) is 25.1 Å². The molecule has 1 aliphatic heterocycles. The highest BCUT2D eigenvalue weighted by atomic mass is 16.7. The first-order valence-corrected chi connectivity index (χ1v) is 8.15. The monoisotopic (exact) mass is 324 g/mol. The van der Waals surface area contributed by atoms with Gasteiger partial charge >= 0.3 is 0 Å². The first-order valence-electron chi connectivity index (χ1n) is 8.15. The van der Waals surface area contributed by atoms with E-state index in [9.17, 15) is 0 Å². The SMILES string of the molecule is CC1(CCNc2cc(-c3n[nH]c4ccccc34)ccn2)OCCO1. The Kier molecular flexibility index (Phi) is 3.92. The first kappa shape index (κ1) is 15.1. The standard InChI is InChI=1S/C18H20N4O2/c1-18(23-10-11-24-18)7-9-20-16-12-13(6-8-19-16)17-14-4-2-3-5-15(14)21-22-17/h2-6,8,12H,7,9-11H2,1H3,(H,19,20)(H,21,22). The summed E-state index contributed by atoms with van der Waals surface area (Å²) in [4.78, 5) is 4.39. The van der Waals surface area contributed by atoms with Crippen LogP contribution < -0.4 is 5.32 Å². The Balaban J connectivity index is 1.49. The molecule has 0 spiro atoms. The molecule has 24 heavy (non-hydrogen) atoms. The number of fused-ring (bicyclic) bond motifs is 1. The average Bonchev–Trinajstić information content (AvgIpc) is 3.22. The zero-order chi connectivity index (χ0) is 16.4. The Bertz CT molecular complexity index is 840. The summed E-state index contributed by atoms with van der Waals surface area (Å²) in [5.41, 5.74) is 3.00. The maximum Gasteiger partial charge on any atom is 0.167 e. The predicted octanol–water partition coefficient (Wildman–Crippen LogP) is 3.19. The van der Waals surface area contributed by atoms with Crippen LogP contribution in [-0.2, 0) is 9.47 Å². The molecule has 0 atom stereocenters. The number of H-pyrrole nitrogens is 1. The highest BCUT2D eigenvalue weighted by Crippen LogP contribution is 2.27. The van der Waals surface area contributed by atoms with Crippen LogP contribution in [0.2, 0.25) is 0 Å². The quantitative estimate of drug-likeness (QED) is 0.754. The van der Waals surface area contributed by atoms with Crippen LogP contribution in [0.1, 0.15) is 13.3 Å². The molecule has 1 saturated heterocycles. The normalized spacial score (nSPS) is 16.5. The van der Waals surface area contributed by atoms with Crippen molar-refractivity contribution < 1.29 is 9.47 Å². The zero-order valence-corrected chi connectivity index (χ0v) is 13.6. The van der Waals surface area contributed by atoms with Crippen molar-refractivity contribution >= 4 is 16.7 Å². The van der Waals surface area contributed by atoms with Gasteiger partial charge in [0.15, 0.2) is 5.79 Å². The molecule has 4 rings (SSSR count). The van der Waals surface area contributed by atoms with Crippen molar-refractivity contribution in [2.75, 3.05) is 25.1 Å². The number of rotatable bonds is 5. The van der Waals surface area contributed by atoms with Gasteiger partial charge in [-0.2, -0.15) is 5.10 Å². The van der Waals surface area contributed by atoms with Gasteiger partial charge in [-0.15, -0.1) is 0 Å². The van der Waals surface area contributed by atoms with E-state index < -0.39 is 5.79 Å². The molecule has 3 aromatic rings. The fourth-order valence-corrected chi connectivity index (χ4v) is 2.98. The molecule has 1 aromatic carbocycles. The number of pyridine rings is 1. The van der Waals surface area contributed by atoms with Crippen molar-refractivity contribution in [3.63, 3.8) is 0 Å². The predicted molar refractivity (Wildman–Crippen MR) is 92.7 cm³/mol. The lowest BCUT2D eigenvalue weighted by atomic mass is 10.1. The molecule has 6 heteroatoms. The van der Waals surface area contributed by atoms with Crippen LogP contribution in [0.25, 0.3) is 22.2 Å². The minimum Gasteiger partial charge on any atom is -0.370 e. The number of benzene rings is 1. The summed E-state index contributed by atoms with van der Waals surface area (Å²) >= 11 is 0. The number of nitrogens with one attached hydrogen (secondary N) is 2. The van der Waals surface area contributed by atoms with Crippen molar-refractivity contribution in [3.8, 4) is 11.3 Å². The Morgan fingerprint density at radius 1 is 1.21 bits per heavy atom. The zero-order valence-electron chi connectivity index (χ0n) is 13.6. The number of aromatic nitrogens is 3. The van der Waals surface area contributed by atoms with Gasteiger partial charge < -0.3 is 14.8 Å². The lowest BCUT2D eigenvalue weighted by Gasteiger charge is -2.22. The van der Waals surface area contributed by atoms with Crippen LogP contribution >= 0.6 is 0 Å². The number of hydrogen-bond acceptors (Lipinski definition) is 5. The van der Waals surface area contributed by atoms with Gasteiger partial charge in [0.25, 0.3) is 0 Å². The van der Waals surface area contributed by atoms with E-state index in [-0.39, 0.29) is 0 Å². The molecule has 124 valence electrons. The van der Waals surface area contributed by atoms with E-state index in [2.05, 4.69) is 26.6 Å². The summed E-state index contributed by atoms with van der Waals surface area (Å²) in [5.74, 6) is 0.337. The highest BCUT2D eigenvalue weighted by Gasteiger charge is 2.30. The van der Waals surface area contributed by atoms with Crippen LogP contribution in [0.3, 0.4) is 0 Å². The molecule has 0 aliphatic carbocycles. The summed E-state index contributed by atoms with van der Waals surface area (Å²) in [6.07, 6.45) is 2.57. The molecule has 2 aromatic heterocycles. The van der Waals surface area contributed by atoms with Crippen LogP contribution in [-0.4, -0.2) is 40.7 Å². The van der Waals surface area contributed by atoms with E-state index >= 15 is 0 Å². The number of anilines is 1. The molecule has 0 amide bonds. The largest absolute Gasteiger partial charge is 0.370 e. The van der Waals surface area contributed by atoms with E-state index in [0.29, 0.717) is 13.2 Å². The molecule has 0 saturated carbocycles. The molecule has 0 bridgehead atoms. The molecular formula is C18H20N4O2. The van der Waals surface area contributed by atoms with Gasteiger partial charge in [0.05, 0.1) is 18.7 Å². The summed E-state index contributed by atoms with van der Waals surface area (Å²) < 4.78 is 11.2. The summed E-state index contributed by atoms with van der Waals surface area (Å²) in [6, 6.07) is 12.1. The van der Waals surface area contributed by atoms with Crippen molar-refractivity contribution in [3.05, 3.63) is 42.6 Å². The van der Waals surface area contributed by atoms with Crippen LogP contribution in [0.15, 0.2) is 42.6 Å². The molecular weight excluding hydrogens is 304 g/mol. The van der Waals surface area contributed by atoms with E-state index in [1.54, 1.807) is 6.20 Å². The topological polar surface area (TPSA) is 72.1 Å². The van der Waals surface area contributed by atoms with Crippen molar-refractivity contribution in [2.24, 2.45) is 0 Å². The molecule has 1 fully saturated rings. The van der Waals surface area contributed by atoms with Gasteiger partial charge in [-0.1, -0.05) is 18.2 Å². The number of para-hydroxylation sites is 1. The van der Waals surface area contributed by atoms with Gasteiger partial charge in [0, 0.05) is 30.1 Å². The number of hydrogen-bond donors (Lipinski definition) is 2. The molecule has 1 aliphatic rings. The maximum atomic E-state index is 5.61. The fraction of sp³-hybridized carbons (Fsp3) is 0.333. The van der Waals surface area contributed by atoms with E-state index in [0.717, 1.165) is 40.9 Å². The second-order valence-corrected chi connectivity index (χ2v) is 6.06. The summed E-state index contributed by atoms with van der Waals surface area (Å²) in [7, 11) is 0. The first-order chi connectivity index (χ1) is 11.7. The average molecular weight is 324 g/mol. The maximum absolute atomic E-state index is 5.61. The smallest absolute Gasteiger partial charge is 0.167 e. The second-order valence-electron chi connectivity index (χ2n) is 6.06. The minimum absolute atomic E-state index is 0.483. The van der Waals surface area contributed by atoms with Gasteiger partial charge in [-0.3, -0.25) is 5.10 Å². The van der Waals surface area contributed by atoms with Crippen LogP contribution in [0.5, 0.6) is 0 Å². The van der Waals surface area contributed by atoms with E-state index in [1.165, 1.54) is 0 Å². The summed E-state index contributed by atoms with van der Waals surface area (Å²) in [6.45, 7) is 4.03. The van der Waals surface area contributed by atoms with Gasteiger partial charge in [-0.25, -0.2) is 4.98 Å². The van der Waals surface area contributed by atoms with Crippen molar-refractivity contribution in [1.29, 1.82) is 0 Å². The third-order valence-corrected chi connectivity index (χ3v) is 4.29. The Morgan fingerprint density at radius 2 is 2.04 bits per heavy atom. The molecule has 6 nitrogen and oxygen atoms in total. The second kappa shape index (κ2) is 6.22. The van der Waals surface area contributed by atoms with Gasteiger partial charge in [0.1, 0.15) is 11.5 Å². The molecule has 0 radical (unpaired) electrons. The highest BCUT2D eigenvalue weighted by molar-refractivity contribution is 5.93. The van der Waals surface area contributed by atoms with Crippen molar-refractivity contribution in [1.82, 2.24) is 15.2 Å². The number of nitrogens with zero attached hydrogens (tertiary/aromatic N) is 2. The molecule has 0 unspecified atom stereocenters. The number of ether oxygens (including phenoxy) is 2. The minimum atomic E-state index is -0.483. The summed E-state index contributed by atoms with van der Waals surface area (Å²) in [5, 5.41) is 12.0. The fourth-order valence-electron chi connectivity index (χ4n) is 2.98. The van der Waals surface area contributed by atoms with E-state index in [1.807, 2.05) is 37.3 Å². The third-order valence-electron chi connectivity index (χ3n) is 4.29. The van der Waals surface area contributed by atoms with Crippen LogP contribution in [0, 0.1) is 0 Å². The van der Waals surface area contributed by atoms with Gasteiger partial charge in [0.2, 0.25) is 0 Å². The number of aromatic amines is 1. The lowest BCUT2D eigenvalue weighted by Crippen LogP contribution is -2.28. The van der Waals surface area contributed by atoms with Crippen molar-refractivity contribution in [2.45, 2.75) is 19.1 Å².